The standard InChI is InChI=1S/C22H16N6O2S/c23-11-15-12-24-22(31-15)25-18-9-10-28(21(18)30)14-7-5-13(6-8-14)19-16-3-1-2-4-17(16)20(29)27-26-19/h1-8,12,18H,9-10H2,(H,24,25)(H,27,29). The van der Waals surface area contributed by atoms with E-state index in [-0.39, 0.29) is 17.5 Å². The molecule has 1 saturated heterocycles. The van der Waals surface area contributed by atoms with E-state index in [9.17, 15) is 9.59 Å². The number of anilines is 2. The molecule has 2 N–H and O–H groups in total. The number of H-pyrrole nitrogens is 1. The van der Waals surface area contributed by atoms with Crippen LogP contribution in [0.3, 0.4) is 0 Å². The quantitative estimate of drug-likeness (QED) is 0.516. The van der Waals surface area contributed by atoms with Crippen LogP contribution in [0.2, 0.25) is 0 Å². The third kappa shape index (κ3) is 3.43. The third-order valence-corrected chi connectivity index (χ3v) is 6.10. The van der Waals surface area contributed by atoms with E-state index < -0.39 is 0 Å². The minimum absolute atomic E-state index is 0.0333. The lowest BCUT2D eigenvalue weighted by molar-refractivity contribution is -0.117. The van der Waals surface area contributed by atoms with Crippen LogP contribution in [0.5, 0.6) is 0 Å². The van der Waals surface area contributed by atoms with Gasteiger partial charge in [0.2, 0.25) is 5.91 Å². The van der Waals surface area contributed by atoms with Crippen molar-refractivity contribution in [2.75, 3.05) is 16.8 Å². The number of hydrogen-bond acceptors (Lipinski definition) is 7. The summed E-state index contributed by atoms with van der Waals surface area (Å²) in [7, 11) is 0. The van der Waals surface area contributed by atoms with Crippen LogP contribution in [-0.2, 0) is 4.79 Å². The number of amides is 1. The molecule has 1 fully saturated rings. The molecule has 8 nitrogen and oxygen atoms in total. The van der Waals surface area contributed by atoms with Crippen LogP contribution in [0.1, 0.15) is 11.3 Å². The zero-order chi connectivity index (χ0) is 21.4. The maximum atomic E-state index is 12.9. The van der Waals surface area contributed by atoms with Gasteiger partial charge in [-0.05, 0) is 24.6 Å². The van der Waals surface area contributed by atoms with Crippen molar-refractivity contribution in [3.8, 4) is 17.3 Å². The van der Waals surface area contributed by atoms with Crippen LogP contribution in [0.25, 0.3) is 22.0 Å². The van der Waals surface area contributed by atoms with E-state index in [1.165, 1.54) is 17.5 Å². The average molecular weight is 428 g/mol. The molecule has 0 radical (unpaired) electrons. The van der Waals surface area contributed by atoms with Gasteiger partial charge in [0, 0.05) is 23.2 Å². The first-order valence-electron chi connectivity index (χ1n) is 9.66. The molecular formula is C22H16N6O2S. The molecular weight excluding hydrogens is 412 g/mol. The fourth-order valence-corrected chi connectivity index (χ4v) is 4.41. The fraction of sp³-hybridized carbons (Fsp3) is 0.136. The van der Waals surface area contributed by atoms with Crippen molar-refractivity contribution in [1.29, 1.82) is 5.26 Å². The smallest absolute Gasteiger partial charge is 0.272 e. The van der Waals surface area contributed by atoms with Gasteiger partial charge in [-0.25, -0.2) is 10.1 Å². The highest BCUT2D eigenvalue weighted by Crippen LogP contribution is 2.29. The van der Waals surface area contributed by atoms with Crippen LogP contribution >= 0.6 is 11.3 Å². The van der Waals surface area contributed by atoms with Crippen molar-refractivity contribution >= 4 is 38.8 Å². The van der Waals surface area contributed by atoms with Gasteiger partial charge in [0.05, 0.1) is 17.3 Å². The van der Waals surface area contributed by atoms with Crippen molar-refractivity contribution in [2.24, 2.45) is 0 Å². The Morgan fingerprint density at radius 3 is 2.65 bits per heavy atom. The Morgan fingerprint density at radius 1 is 1.13 bits per heavy atom. The molecule has 152 valence electrons. The maximum absolute atomic E-state index is 12.9. The van der Waals surface area contributed by atoms with Gasteiger partial charge in [0.25, 0.3) is 5.56 Å². The molecule has 9 heteroatoms. The summed E-state index contributed by atoms with van der Waals surface area (Å²) in [5.74, 6) is -0.0333. The summed E-state index contributed by atoms with van der Waals surface area (Å²) < 4.78 is 0. The SMILES string of the molecule is N#Cc1cnc(NC2CCN(c3ccc(-c4n[nH]c(=O)c5ccccc45)cc3)C2=O)s1. The van der Waals surface area contributed by atoms with Gasteiger partial charge in [-0.1, -0.05) is 41.7 Å². The maximum Gasteiger partial charge on any atom is 0.272 e. The number of rotatable bonds is 4. The van der Waals surface area contributed by atoms with Crippen molar-refractivity contribution < 1.29 is 4.79 Å². The summed E-state index contributed by atoms with van der Waals surface area (Å²) in [6, 6.07) is 16.6. The Kier molecular flexibility index (Phi) is 4.69. The number of carbonyl (C=O) groups is 1. The third-order valence-electron chi connectivity index (χ3n) is 5.27. The predicted octanol–water partition coefficient (Wildman–Crippen LogP) is 3.14. The van der Waals surface area contributed by atoms with E-state index >= 15 is 0 Å². The Morgan fingerprint density at radius 2 is 1.90 bits per heavy atom. The van der Waals surface area contributed by atoms with Gasteiger partial charge in [0.15, 0.2) is 5.13 Å². The zero-order valence-electron chi connectivity index (χ0n) is 16.2. The highest BCUT2D eigenvalue weighted by molar-refractivity contribution is 7.16. The number of nitrogens with zero attached hydrogens (tertiary/aromatic N) is 4. The number of carbonyl (C=O) groups excluding carboxylic acids is 1. The number of aromatic amines is 1. The van der Waals surface area contributed by atoms with Gasteiger partial charge in [-0.3, -0.25) is 9.59 Å². The molecule has 1 amide bonds. The first-order valence-corrected chi connectivity index (χ1v) is 10.5. The van der Waals surface area contributed by atoms with Crippen LogP contribution in [0.15, 0.2) is 59.5 Å². The Hall–Kier alpha value is -4.03. The molecule has 0 spiro atoms. The second-order valence-electron chi connectivity index (χ2n) is 7.11. The van der Waals surface area contributed by atoms with Gasteiger partial charge in [0.1, 0.15) is 17.0 Å². The first-order chi connectivity index (χ1) is 15.1. The van der Waals surface area contributed by atoms with Gasteiger partial charge in [-0.2, -0.15) is 10.4 Å². The van der Waals surface area contributed by atoms with E-state index in [0.29, 0.717) is 34.1 Å². The van der Waals surface area contributed by atoms with Crippen LogP contribution in [0.4, 0.5) is 10.8 Å². The molecule has 2 aromatic carbocycles. The summed E-state index contributed by atoms with van der Waals surface area (Å²) in [4.78, 5) is 31.3. The number of benzene rings is 2. The lowest BCUT2D eigenvalue weighted by atomic mass is 10.0. The average Bonchev–Trinajstić information content (AvgIpc) is 3.41. The second kappa shape index (κ2) is 7.66. The minimum atomic E-state index is -0.373. The number of fused-ring (bicyclic) bond motifs is 1. The summed E-state index contributed by atoms with van der Waals surface area (Å²) in [5.41, 5.74) is 2.11. The number of hydrogen-bond donors (Lipinski definition) is 2. The normalized spacial score (nSPS) is 15.9. The van der Waals surface area contributed by atoms with Crippen LogP contribution in [0, 0.1) is 11.3 Å². The highest BCUT2D eigenvalue weighted by Gasteiger charge is 2.33. The molecule has 1 aliphatic heterocycles. The Balaban J connectivity index is 1.37. The molecule has 5 rings (SSSR count). The minimum Gasteiger partial charge on any atom is -0.350 e. The topological polar surface area (TPSA) is 115 Å². The molecule has 0 bridgehead atoms. The molecule has 0 saturated carbocycles. The van der Waals surface area contributed by atoms with Crippen molar-refractivity contribution in [3.05, 3.63) is 70.0 Å². The number of nitriles is 1. The fourth-order valence-electron chi connectivity index (χ4n) is 3.75. The van der Waals surface area contributed by atoms with Crippen molar-refractivity contribution in [1.82, 2.24) is 15.2 Å². The Labute approximate surface area is 180 Å². The number of thiazole rings is 1. The predicted molar refractivity (Wildman–Crippen MR) is 119 cm³/mol. The molecule has 0 aliphatic carbocycles. The molecule has 1 unspecified atom stereocenters. The Bertz CT molecular complexity index is 1390. The molecule has 4 aromatic rings. The largest absolute Gasteiger partial charge is 0.350 e. The molecule has 31 heavy (non-hydrogen) atoms. The summed E-state index contributed by atoms with van der Waals surface area (Å²) in [6.07, 6.45) is 2.14. The number of nitrogens with one attached hydrogen (secondary N) is 2. The highest BCUT2D eigenvalue weighted by atomic mass is 32.1. The van der Waals surface area contributed by atoms with E-state index in [0.717, 1.165) is 16.6 Å². The van der Waals surface area contributed by atoms with E-state index in [4.69, 9.17) is 5.26 Å². The second-order valence-corrected chi connectivity index (χ2v) is 8.14. The monoisotopic (exact) mass is 428 g/mol. The van der Waals surface area contributed by atoms with E-state index in [1.54, 1.807) is 11.0 Å². The van der Waals surface area contributed by atoms with Crippen molar-refractivity contribution in [3.63, 3.8) is 0 Å². The molecule has 3 heterocycles. The van der Waals surface area contributed by atoms with Gasteiger partial charge < -0.3 is 10.2 Å². The summed E-state index contributed by atoms with van der Waals surface area (Å²) >= 11 is 1.23. The molecule has 1 aliphatic rings. The number of aromatic nitrogens is 3. The van der Waals surface area contributed by atoms with E-state index in [1.807, 2.05) is 48.5 Å². The first kappa shape index (κ1) is 19.0. The molecule has 1 atom stereocenters. The van der Waals surface area contributed by atoms with E-state index in [2.05, 4.69) is 20.5 Å². The van der Waals surface area contributed by atoms with Gasteiger partial charge >= 0.3 is 0 Å². The molecule has 2 aromatic heterocycles. The summed E-state index contributed by atoms with van der Waals surface area (Å²) in [6.45, 7) is 0.589. The van der Waals surface area contributed by atoms with Crippen LogP contribution < -0.4 is 15.8 Å². The van der Waals surface area contributed by atoms with Crippen LogP contribution in [-0.4, -0.2) is 33.7 Å². The zero-order valence-corrected chi connectivity index (χ0v) is 17.0. The van der Waals surface area contributed by atoms with Crippen molar-refractivity contribution in [2.45, 2.75) is 12.5 Å². The lowest BCUT2D eigenvalue weighted by Crippen LogP contribution is -2.33. The van der Waals surface area contributed by atoms with Gasteiger partial charge in [-0.15, -0.1) is 0 Å². The summed E-state index contributed by atoms with van der Waals surface area (Å²) in [5, 5.41) is 20.8. The lowest BCUT2D eigenvalue weighted by Gasteiger charge is -2.17.